The van der Waals surface area contributed by atoms with Crippen LogP contribution in [-0.4, -0.2) is 0 Å². The highest BCUT2D eigenvalue weighted by atomic mass is 32.1. The molecule has 16 heavy (non-hydrogen) atoms. The van der Waals surface area contributed by atoms with Crippen LogP contribution in [0.15, 0.2) is 23.1 Å². The van der Waals surface area contributed by atoms with E-state index in [4.69, 9.17) is 0 Å². The molecule has 0 atom stereocenters. The fourth-order valence-electron chi connectivity index (χ4n) is 1.92. The van der Waals surface area contributed by atoms with E-state index in [-0.39, 0.29) is 0 Å². The third-order valence-corrected chi connectivity index (χ3v) is 3.57. The lowest BCUT2D eigenvalue weighted by molar-refractivity contribution is 0.607. The van der Waals surface area contributed by atoms with E-state index < -0.39 is 0 Å². The highest BCUT2D eigenvalue weighted by Gasteiger charge is 1.97. The van der Waals surface area contributed by atoms with Crippen LogP contribution in [0.25, 0.3) is 0 Å². The van der Waals surface area contributed by atoms with Crippen molar-refractivity contribution in [3.05, 3.63) is 29.3 Å². The van der Waals surface area contributed by atoms with Gasteiger partial charge in [-0.1, -0.05) is 51.2 Å². The molecule has 0 heterocycles. The van der Waals surface area contributed by atoms with Gasteiger partial charge in [-0.25, -0.2) is 0 Å². The molecule has 1 rings (SSSR count). The van der Waals surface area contributed by atoms with E-state index in [9.17, 15) is 0 Å². The van der Waals surface area contributed by atoms with Crippen molar-refractivity contribution in [1.82, 2.24) is 0 Å². The van der Waals surface area contributed by atoms with Crippen molar-refractivity contribution in [2.45, 2.75) is 63.7 Å². The molecular weight excluding hydrogens is 212 g/mol. The Bertz CT molecular complexity index is 304. The number of thiol groups is 1. The Morgan fingerprint density at radius 2 is 1.69 bits per heavy atom. The van der Waals surface area contributed by atoms with Crippen molar-refractivity contribution in [3.8, 4) is 0 Å². The molecule has 0 radical (unpaired) electrons. The van der Waals surface area contributed by atoms with Gasteiger partial charge < -0.3 is 0 Å². The Labute approximate surface area is 106 Å². The molecule has 1 aromatic rings. The second-order valence-electron chi connectivity index (χ2n) is 4.64. The van der Waals surface area contributed by atoms with Crippen molar-refractivity contribution < 1.29 is 0 Å². The van der Waals surface area contributed by atoms with Gasteiger partial charge in [-0.05, 0) is 37.0 Å². The molecule has 0 aliphatic rings. The molecule has 0 fully saturated rings. The lowest BCUT2D eigenvalue weighted by atomic mass is 10.0. The molecule has 0 aromatic heterocycles. The summed E-state index contributed by atoms with van der Waals surface area (Å²) >= 11 is 4.46. The van der Waals surface area contributed by atoms with Gasteiger partial charge in [-0.15, -0.1) is 12.6 Å². The molecule has 0 unspecified atom stereocenters. The highest BCUT2D eigenvalue weighted by Crippen LogP contribution is 2.17. The first-order valence-corrected chi connectivity index (χ1v) is 6.97. The van der Waals surface area contributed by atoms with Crippen LogP contribution in [0.2, 0.25) is 0 Å². The maximum atomic E-state index is 4.46. The molecule has 0 aliphatic carbocycles. The van der Waals surface area contributed by atoms with Crippen LogP contribution in [0.5, 0.6) is 0 Å². The van der Waals surface area contributed by atoms with Gasteiger partial charge in [0.1, 0.15) is 0 Å². The second-order valence-corrected chi connectivity index (χ2v) is 5.12. The molecule has 0 spiro atoms. The second kappa shape index (κ2) is 7.78. The van der Waals surface area contributed by atoms with Gasteiger partial charge in [0.05, 0.1) is 0 Å². The topological polar surface area (TPSA) is 0 Å². The van der Waals surface area contributed by atoms with E-state index in [1.165, 1.54) is 56.1 Å². The van der Waals surface area contributed by atoms with E-state index in [2.05, 4.69) is 44.7 Å². The van der Waals surface area contributed by atoms with Crippen LogP contribution in [0.4, 0.5) is 0 Å². The summed E-state index contributed by atoms with van der Waals surface area (Å²) in [5.41, 5.74) is 2.71. The molecule has 0 saturated heterocycles. The molecule has 0 nitrogen and oxygen atoms in total. The van der Waals surface area contributed by atoms with Crippen LogP contribution in [0.1, 0.15) is 56.6 Å². The van der Waals surface area contributed by atoms with Gasteiger partial charge in [0.15, 0.2) is 0 Å². The third kappa shape index (κ3) is 5.07. The lowest BCUT2D eigenvalue weighted by Crippen LogP contribution is -1.88. The molecule has 1 aromatic carbocycles. The first-order valence-electron chi connectivity index (χ1n) is 6.52. The maximum absolute atomic E-state index is 4.46. The molecule has 0 saturated carbocycles. The Balaban J connectivity index is 2.19. The Hall–Kier alpha value is -0.430. The van der Waals surface area contributed by atoms with Gasteiger partial charge in [-0.2, -0.15) is 0 Å². The molecule has 90 valence electrons. The van der Waals surface area contributed by atoms with Gasteiger partial charge in [-0.3, -0.25) is 0 Å². The van der Waals surface area contributed by atoms with Crippen LogP contribution in [0.3, 0.4) is 0 Å². The number of rotatable bonds is 7. The predicted molar refractivity (Wildman–Crippen MR) is 75.5 cm³/mol. The quantitative estimate of drug-likeness (QED) is 0.489. The summed E-state index contributed by atoms with van der Waals surface area (Å²) in [7, 11) is 0. The molecular formula is C15H24S. The maximum Gasteiger partial charge on any atom is 0.00719 e. The van der Waals surface area contributed by atoms with Crippen molar-refractivity contribution in [2.24, 2.45) is 0 Å². The van der Waals surface area contributed by atoms with Crippen LogP contribution >= 0.6 is 12.6 Å². The summed E-state index contributed by atoms with van der Waals surface area (Å²) in [6.07, 6.45) is 9.43. The smallest absolute Gasteiger partial charge is 0.00719 e. The lowest BCUT2D eigenvalue weighted by Gasteiger charge is -2.04. The minimum atomic E-state index is 1.13. The highest BCUT2D eigenvalue weighted by molar-refractivity contribution is 7.80. The minimum absolute atomic E-state index is 1.13. The molecule has 1 heteroatoms. The number of benzene rings is 1. The average molecular weight is 236 g/mol. The van der Waals surface area contributed by atoms with E-state index in [0.717, 1.165) is 4.90 Å². The van der Waals surface area contributed by atoms with Crippen molar-refractivity contribution in [3.63, 3.8) is 0 Å². The van der Waals surface area contributed by atoms with Crippen LogP contribution in [0, 0.1) is 6.92 Å². The summed E-state index contributed by atoms with van der Waals surface area (Å²) in [6.45, 7) is 4.37. The molecule has 0 aliphatic heterocycles. The zero-order valence-electron chi connectivity index (χ0n) is 10.6. The number of unbranched alkanes of at least 4 members (excludes halogenated alkanes) is 5. The van der Waals surface area contributed by atoms with Crippen molar-refractivity contribution in [1.29, 1.82) is 0 Å². The number of aryl methyl sites for hydroxylation is 2. The van der Waals surface area contributed by atoms with Crippen molar-refractivity contribution in [2.75, 3.05) is 0 Å². The summed E-state index contributed by atoms with van der Waals surface area (Å²) in [4.78, 5) is 1.13. The largest absolute Gasteiger partial charge is 0.143 e. The van der Waals surface area contributed by atoms with Crippen molar-refractivity contribution >= 4 is 12.6 Å². The molecule has 0 N–H and O–H groups in total. The summed E-state index contributed by atoms with van der Waals surface area (Å²) in [5.74, 6) is 0. The number of hydrogen-bond acceptors (Lipinski definition) is 1. The van der Waals surface area contributed by atoms with Gasteiger partial charge >= 0.3 is 0 Å². The SMILES string of the molecule is CCCCCCCCc1ccc(C)c(S)c1. The first kappa shape index (κ1) is 13.6. The van der Waals surface area contributed by atoms with Crippen LogP contribution < -0.4 is 0 Å². The standard InChI is InChI=1S/C15H24S/c1-3-4-5-6-7-8-9-14-11-10-13(2)15(16)12-14/h10-12,16H,3-9H2,1-2H3. The Morgan fingerprint density at radius 3 is 2.38 bits per heavy atom. The fourth-order valence-corrected chi connectivity index (χ4v) is 2.16. The molecule has 0 bridgehead atoms. The zero-order valence-corrected chi connectivity index (χ0v) is 11.5. The van der Waals surface area contributed by atoms with E-state index in [1.54, 1.807) is 0 Å². The summed E-state index contributed by atoms with van der Waals surface area (Å²) < 4.78 is 0. The minimum Gasteiger partial charge on any atom is -0.143 e. The average Bonchev–Trinajstić information content (AvgIpc) is 2.28. The van der Waals surface area contributed by atoms with Crippen LogP contribution in [-0.2, 0) is 6.42 Å². The molecule has 0 amide bonds. The van der Waals surface area contributed by atoms with E-state index in [1.807, 2.05) is 0 Å². The summed E-state index contributed by atoms with van der Waals surface area (Å²) in [6, 6.07) is 6.63. The Kier molecular flexibility index (Phi) is 6.63. The normalized spacial score (nSPS) is 10.7. The monoisotopic (exact) mass is 236 g/mol. The van der Waals surface area contributed by atoms with Gasteiger partial charge in [0, 0.05) is 4.90 Å². The first-order chi connectivity index (χ1) is 7.74. The third-order valence-electron chi connectivity index (χ3n) is 3.09. The summed E-state index contributed by atoms with van der Waals surface area (Å²) in [5, 5.41) is 0. The van der Waals surface area contributed by atoms with E-state index >= 15 is 0 Å². The van der Waals surface area contributed by atoms with Gasteiger partial charge in [0.25, 0.3) is 0 Å². The Morgan fingerprint density at radius 1 is 1.00 bits per heavy atom. The number of hydrogen-bond donors (Lipinski definition) is 1. The van der Waals surface area contributed by atoms with Gasteiger partial charge in [0.2, 0.25) is 0 Å². The van der Waals surface area contributed by atoms with E-state index in [0.29, 0.717) is 0 Å². The predicted octanol–water partition coefficient (Wildman–Crippen LogP) is 5.19. The zero-order chi connectivity index (χ0) is 11.8. The fraction of sp³-hybridized carbons (Fsp3) is 0.600.